The van der Waals surface area contributed by atoms with Gasteiger partial charge in [0.2, 0.25) is 0 Å². The first-order valence-corrected chi connectivity index (χ1v) is 4.84. The molecule has 6 heteroatoms. The van der Waals surface area contributed by atoms with Crippen molar-refractivity contribution in [2.24, 2.45) is 0 Å². The number of thiazole rings is 1. The third kappa shape index (κ3) is 1.64. The molecule has 5 nitrogen and oxygen atoms in total. The maximum Gasteiger partial charge on any atom is 0.173 e. The van der Waals surface area contributed by atoms with Crippen molar-refractivity contribution in [3.8, 4) is 0 Å². The molecule has 0 aliphatic carbocycles. The van der Waals surface area contributed by atoms with Crippen LogP contribution >= 0.6 is 11.3 Å². The highest BCUT2D eigenvalue weighted by molar-refractivity contribution is 7.09. The normalized spacial score (nSPS) is 10.3. The Morgan fingerprint density at radius 2 is 2.43 bits per heavy atom. The Bertz CT molecular complexity index is 434. The van der Waals surface area contributed by atoms with Crippen LogP contribution < -0.4 is 5.73 Å². The molecule has 3 N–H and O–H groups in total. The predicted molar refractivity (Wildman–Crippen MR) is 53.1 cm³/mol. The molecule has 0 radical (unpaired) electrons. The molecule has 2 heterocycles. The maximum atomic E-state index is 11.6. The minimum atomic E-state index is -0.0412. The molecule has 14 heavy (non-hydrogen) atoms. The van der Waals surface area contributed by atoms with Crippen LogP contribution in [0, 0.1) is 0 Å². The molecule has 2 aromatic rings. The molecular formula is C8H8N4OS. The third-order valence-corrected chi connectivity index (χ3v) is 2.57. The molecule has 0 aliphatic rings. The SMILES string of the molecule is Nc1[nH]ncc1C(=O)Cc1cncs1. The Labute approximate surface area is 84.0 Å². The first-order valence-electron chi connectivity index (χ1n) is 3.97. The number of carbonyl (C=O) groups excluding carboxylic acids is 1. The van der Waals surface area contributed by atoms with Gasteiger partial charge in [-0.3, -0.25) is 14.9 Å². The summed E-state index contributed by atoms with van der Waals surface area (Å²) in [5.74, 6) is 0.278. The van der Waals surface area contributed by atoms with Crippen LogP contribution in [-0.2, 0) is 6.42 Å². The number of nitrogens with zero attached hydrogens (tertiary/aromatic N) is 2. The average Bonchev–Trinajstić information content (AvgIpc) is 2.75. The first kappa shape index (κ1) is 8.89. The van der Waals surface area contributed by atoms with E-state index in [1.54, 1.807) is 11.7 Å². The van der Waals surface area contributed by atoms with E-state index >= 15 is 0 Å². The van der Waals surface area contributed by atoms with E-state index in [1.165, 1.54) is 17.5 Å². The molecule has 2 aromatic heterocycles. The van der Waals surface area contributed by atoms with Crippen molar-refractivity contribution >= 4 is 22.9 Å². The number of rotatable bonds is 3. The summed E-state index contributed by atoms with van der Waals surface area (Å²) < 4.78 is 0. The number of hydrogen-bond acceptors (Lipinski definition) is 5. The first-order chi connectivity index (χ1) is 6.77. The van der Waals surface area contributed by atoms with Crippen molar-refractivity contribution < 1.29 is 4.79 Å². The number of hydrogen-bond donors (Lipinski definition) is 2. The Morgan fingerprint density at radius 3 is 3.00 bits per heavy atom. The van der Waals surface area contributed by atoms with Gasteiger partial charge in [0, 0.05) is 17.5 Å². The number of nitrogens with two attached hydrogens (primary N) is 1. The monoisotopic (exact) mass is 208 g/mol. The van der Waals surface area contributed by atoms with Gasteiger partial charge in [-0.1, -0.05) is 0 Å². The summed E-state index contributed by atoms with van der Waals surface area (Å²) in [6.07, 6.45) is 3.45. The van der Waals surface area contributed by atoms with Gasteiger partial charge in [0.1, 0.15) is 5.82 Å². The van der Waals surface area contributed by atoms with Crippen molar-refractivity contribution in [3.05, 3.63) is 28.3 Å². The second kappa shape index (κ2) is 3.59. The zero-order valence-electron chi connectivity index (χ0n) is 7.23. The molecule has 0 saturated heterocycles. The minimum absolute atomic E-state index is 0.0412. The topological polar surface area (TPSA) is 84.7 Å². The van der Waals surface area contributed by atoms with E-state index in [0.717, 1.165) is 4.88 Å². The average molecular weight is 208 g/mol. The largest absolute Gasteiger partial charge is 0.383 e. The number of nitrogens with one attached hydrogen (secondary N) is 1. The number of carbonyl (C=O) groups is 1. The Kier molecular flexibility index (Phi) is 2.28. The second-order valence-corrected chi connectivity index (χ2v) is 3.74. The van der Waals surface area contributed by atoms with E-state index in [4.69, 9.17) is 5.73 Å². The maximum absolute atomic E-state index is 11.6. The number of ketones is 1. The summed E-state index contributed by atoms with van der Waals surface area (Å²) in [4.78, 5) is 16.4. The Hall–Kier alpha value is -1.69. The van der Waals surface area contributed by atoms with Crippen molar-refractivity contribution in [2.45, 2.75) is 6.42 Å². The van der Waals surface area contributed by atoms with E-state index in [2.05, 4.69) is 15.2 Å². The molecule has 0 atom stereocenters. The van der Waals surface area contributed by atoms with Crippen LogP contribution in [0.15, 0.2) is 17.9 Å². The number of aromatic amines is 1. The third-order valence-electron chi connectivity index (χ3n) is 1.79. The zero-order chi connectivity index (χ0) is 9.97. The van der Waals surface area contributed by atoms with Gasteiger partial charge in [-0.25, -0.2) is 0 Å². The van der Waals surface area contributed by atoms with Gasteiger partial charge in [0.15, 0.2) is 5.78 Å². The molecule has 0 unspecified atom stereocenters. The Balaban J connectivity index is 2.14. The van der Waals surface area contributed by atoms with Crippen molar-refractivity contribution in [3.63, 3.8) is 0 Å². The number of H-pyrrole nitrogens is 1. The van der Waals surface area contributed by atoms with Crippen LogP contribution in [0.2, 0.25) is 0 Å². The van der Waals surface area contributed by atoms with Gasteiger partial charge in [-0.2, -0.15) is 5.10 Å². The highest BCUT2D eigenvalue weighted by atomic mass is 32.1. The molecule has 2 rings (SSSR count). The predicted octanol–water partition coefficient (Wildman–Crippen LogP) is 0.874. The van der Waals surface area contributed by atoms with Crippen LogP contribution in [0.1, 0.15) is 15.2 Å². The lowest BCUT2D eigenvalue weighted by molar-refractivity contribution is 0.0994. The van der Waals surface area contributed by atoms with Crippen LogP contribution in [0.25, 0.3) is 0 Å². The highest BCUT2D eigenvalue weighted by Gasteiger charge is 2.12. The van der Waals surface area contributed by atoms with Crippen LogP contribution in [0.3, 0.4) is 0 Å². The lowest BCUT2D eigenvalue weighted by Crippen LogP contribution is -2.04. The van der Waals surface area contributed by atoms with Crippen molar-refractivity contribution in [2.75, 3.05) is 5.73 Å². The molecule has 0 aromatic carbocycles. The molecular weight excluding hydrogens is 200 g/mol. The van der Waals surface area contributed by atoms with Gasteiger partial charge in [0.05, 0.1) is 17.3 Å². The molecule has 0 amide bonds. The van der Waals surface area contributed by atoms with E-state index in [9.17, 15) is 4.79 Å². The fourth-order valence-corrected chi connectivity index (χ4v) is 1.69. The number of nitrogen functional groups attached to an aromatic ring is 1. The second-order valence-electron chi connectivity index (χ2n) is 2.77. The number of aromatic nitrogens is 3. The van der Waals surface area contributed by atoms with E-state index < -0.39 is 0 Å². The lowest BCUT2D eigenvalue weighted by Gasteiger charge is -1.95. The van der Waals surface area contributed by atoms with Gasteiger partial charge in [-0.15, -0.1) is 11.3 Å². The molecule has 0 spiro atoms. The molecule has 0 fully saturated rings. The van der Waals surface area contributed by atoms with Crippen LogP contribution in [-0.4, -0.2) is 21.0 Å². The summed E-state index contributed by atoms with van der Waals surface area (Å²) in [5.41, 5.74) is 7.66. The highest BCUT2D eigenvalue weighted by Crippen LogP contribution is 2.13. The molecule has 0 bridgehead atoms. The Morgan fingerprint density at radius 1 is 1.57 bits per heavy atom. The van der Waals surface area contributed by atoms with Crippen LogP contribution in [0.5, 0.6) is 0 Å². The summed E-state index contributed by atoms with van der Waals surface area (Å²) in [6.45, 7) is 0. The number of Topliss-reactive ketones (excluding diaryl/α,β-unsaturated/α-hetero) is 1. The molecule has 0 saturated carbocycles. The van der Waals surface area contributed by atoms with Gasteiger partial charge < -0.3 is 5.73 Å². The fourth-order valence-electron chi connectivity index (χ4n) is 1.10. The molecule has 72 valence electrons. The lowest BCUT2D eigenvalue weighted by atomic mass is 10.1. The summed E-state index contributed by atoms with van der Waals surface area (Å²) in [5, 5.41) is 6.21. The van der Waals surface area contributed by atoms with Crippen molar-refractivity contribution in [1.29, 1.82) is 0 Å². The quantitative estimate of drug-likeness (QED) is 0.733. The summed E-state index contributed by atoms with van der Waals surface area (Å²) in [6, 6.07) is 0. The van der Waals surface area contributed by atoms with E-state index in [0.29, 0.717) is 17.8 Å². The van der Waals surface area contributed by atoms with Crippen LogP contribution in [0.4, 0.5) is 5.82 Å². The minimum Gasteiger partial charge on any atom is -0.383 e. The van der Waals surface area contributed by atoms with E-state index in [1.807, 2.05) is 0 Å². The fraction of sp³-hybridized carbons (Fsp3) is 0.125. The molecule has 0 aliphatic heterocycles. The number of anilines is 1. The standard InChI is InChI=1S/C8H8N4OS/c9-8-6(3-11-12-8)7(13)1-5-2-10-4-14-5/h2-4H,1H2,(H3,9,11,12). The van der Waals surface area contributed by atoms with Gasteiger partial charge in [0.25, 0.3) is 0 Å². The summed E-state index contributed by atoms with van der Waals surface area (Å²) >= 11 is 1.45. The zero-order valence-corrected chi connectivity index (χ0v) is 8.04. The van der Waals surface area contributed by atoms with Gasteiger partial charge >= 0.3 is 0 Å². The smallest absolute Gasteiger partial charge is 0.173 e. The van der Waals surface area contributed by atoms with Crippen molar-refractivity contribution in [1.82, 2.24) is 15.2 Å². The van der Waals surface area contributed by atoms with Gasteiger partial charge in [-0.05, 0) is 0 Å². The summed E-state index contributed by atoms with van der Waals surface area (Å²) in [7, 11) is 0. The van der Waals surface area contributed by atoms with E-state index in [-0.39, 0.29) is 5.78 Å².